The SMILES string of the molecule is CCN1CCN=C1NCc1cccc(C(C)(F)F)c1.I. The lowest BCUT2D eigenvalue weighted by Gasteiger charge is -2.19. The molecule has 0 bridgehead atoms. The second-order valence-corrected chi connectivity index (χ2v) is 4.73. The topological polar surface area (TPSA) is 27.6 Å². The third kappa shape index (κ3) is 4.29. The van der Waals surface area contributed by atoms with Gasteiger partial charge >= 0.3 is 0 Å². The van der Waals surface area contributed by atoms with Crippen LogP contribution in [0.4, 0.5) is 8.78 Å². The van der Waals surface area contributed by atoms with Crippen LogP contribution in [0.15, 0.2) is 29.3 Å². The fraction of sp³-hybridized carbons (Fsp3) is 0.500. The first kappa shape index (κ1) is 17.1. The first-order valence-electron chi connectivity index (χ1n) is 6.51. The largest absolute Gasteiger partial charge is 0.352 e. The molecule has 2 rings (SSSR count). The second-order valence-electron chi connectivity index (χ2n) is 4.73. The Morgan fingerprint density at radius 3 is 2.80 bits per heavy atom. The first-order chi connectivity index (χ1) is 9.00. The number of nitrogens with zero attached hydrogens (tertiary/aromatic N) is 2. The minimum Gasteiger partial charge on any atom is -0.352 e. The zero-order valence-electron chi connectivity index (χ0n) is 11.7. The van der Waals surface area contributed by atoms with E-state index in [1.54, 1.807) is 12.1 Å². The van der Waals surface area contributed by atoms with E-state index in [9.17, 15) is 8.78 Å². The van der Waals surface area contributed by atoms with Gasteiger partial charge in [0.2, 0.25) is 0 Å². The molecule has 20 heavy (non-hydrogen) atoms. The Kier molecular flexibility index (Phi) is 6.16. The van der Waals surface area contributed by atoms with E-state index in [4.69, 9.17) is 0 Å². The maximum atomic E-state index is 13.2. The molecule has 1 aromatic rings. The highest BCUT2D eigenvalue weighted by molar-refractivity contribution is 14.0. The molecule has 0 atom stereocenters. The predicted molar refractivity (Wildman–Crippen MR) is 87.8 cm³/mol. The fourth-order valence-corrected chi connectivity index (χ4v) is 2.09. The quantitative estimate of drug-likeness (QED) is 0.794. The minimum atomic E-state index is -2.80. The molecule has 0 radical (unpaired) electrons. The number of hydrogen-bond donors (Lipinski definition) is 1. The summed E-state index contributed by atoms with van der Waals surface area (Å²) in [6.45, 7) is 6.12. The lowest BCUT2D eigenvalue weighted by molar-refractivity contribution is 0.0174. The number of halogens is 3. The van der Waals surface area contributed by atoms with Crippen LogP contribution in [-0.4, -0.2) is 30.5 Å². The Labute approximate surface area is 135 Å². The van der Waals surface area contributed by atoms with Gasteiger partial charge in [-0.15, -0.1) is 24.0 Å². The summed E-state index contributed by atoms with van der Waals surface area (Å²) in [5, 5.41) is 3.21. The van der Waals surface area contributed by atoms with Crippen LogP contribution in [0, 0.1) is 0 Å². The number of aliphatic imine (C=N–C) groups is 1. The molecule has 6 heteroatoms. The maximum Gasteiger partial charge on any atom is 0.270 e. The summed E-state index contributed by atoms with van der Waals surface area (Å²) >= 11 is 0. The lowest BCUT2D eigenvalue weighted by atomic mass is 10.1. The van der Waals surface area contributed by atoms with E-state index in [0.717, 1.165) is 38.1 Å². The van der Waals surface area contributed by atoms with Crippen molar-refractivity contribution in [3.63, 3.8) is 0 Å². The van der Waals surface area contributed by atoms with Crippen LogP contribution in [0.1, 0.15) is 25.0 Å². The molecular weight excluding hydrogens is 375 g/mol. The molecule has 0 fully saturated rings. The van der Waals surface area contributed by atoms with Crippen LogP contribution in [0.25, 0.3) is 0 Å². The Morgan fingerprint density at radius 1 is 1.40 bits per heavy atom. The monoisotopic (exact) mass is 395 g/mol. The van der Waals surface area contributed by atoms with Crippen molar-refractivity contribution in [1.29, 1.82) is 0 Å². The molecule has 0 unspecified atom stereocenters. The van der Waals surface area contributed by atoms with Crippen molar-refractivity contribution in [1.82, 2.24) is 10.2 Å². The van der Waals surface area contributed by atoms with E-state index in [0.29, 0.717) is 6.54 Å². The van der Waals surface area contributed by atoms with Crippen LogP contribution in [0.5, 0.6) is 0 Å². The molecule has 1 heterocycles. The van der Waals surface area contributed by atoms with Gasteiger partial charge in [0.15, 0.2) is 5.96 Å². The lowest BCUT2D eigenvalue weighted by Crippen LogP contribution is -2.37. The molecule has 1 aliphatic rings. The molecule has 112 valence electrons. The van der Waals surface area contributed by atoms with Crippen molar-refractivity contribution in [3.05, 3.63) is 35.4 Å². The van der Waals surface area contributed by atoms with Crippen LogP contribution < -0.4 is 5.32 Å². The molecule has 0 amide bonds. The third-order valence-electron chi connectivity index (χ3n) is 3.20. The number of benzene rings is 1. The van der Waals surface area contributed by atoms with Gasteiger partial charge in [0.05, 0.1) is 6.54 Å². The standard InChI is InChI=1S/C14H19F2N3.HI/c1-3-19-8-7-17-13(19)18-10-11-5-4-6-12(9-11)14(2,15)16;/h4-6,9H,3,7-8,10H2,1-2H3,(H,17,18);1H. The number of guanidine groups is 1. The Hall–Kier alpha value is -0.920. The van der Waals surface area contributed by atoms with E-state index >= 15 is 0 Å². The summed E-state index contributed by atoms with van der Waals surface area (Å²) < 4.78 is 26.5. The van der Waals surface area contributed by atoms with E-state index < -0.39 is 5.92 Å². The van der Waals surface area contributed by atoms with Crippen molar-refractivity contribution in [2.24, 2.45) is 4.99 Å². The van der Waals surface area contributed by atoms with Crippen molar-refractivity contribution < 1.29 is 8.78 Å². The van der Waals surface area contributed by atoms with E-state index in [1.165, 1.54) is 6.07 Å². The van der Waals surface area contributed by atoms with Gasteiger partial charge in [-0.3, -0.25) is 4.99 Å². The molecule has 1 aliphatic heterocycles. The molecule has 1 N–H and O–H groups in total. The maximum absolute atomic E-state index is 13.2. The predicted octanol–water partition coefficient (Wildman–Crippen LogP) is 3.20. The van der Waals surface area contributed by atoms with Gasteiger partial charge in [0.1, 0.15) is 0 Å². The highest BCUT2D eigenvalue weighted by atomic mass is 127. The van der Waals surface area contributed by atoms with Crippen molar-refractivity contribution in [2.45, 2.75) is 26.3 Å². The summed E-state index contributed by atoms with van der Waals surface area (Å²) in [5.74, 6) is -1.94. The normalized spacial score (nSPS) is 14.8. The highest BCUT2D eigenvalue weighted by Gasteiger charge is 2.24. The summed E-state index contributed by atoms with van der Waals surface area (Å²) in [6, 6.07) is 6.50. The summed E-state index contributed by atoms with van der Waals surface area (Å²) in [7, 11) is 0. The van der Waals surface area contributed by atoms with Gasteiger partial charge in [-0.2, -0.15) is 0 Å². The van der Waals surface area contributed by atoms with Crippen molar-refractivity contribution in [3.8, 4) is 0 Å². The van der Waals surface area contributed by atoms with Crippen molar-refractivity contribution >= 4 is 29.9 Å². The van der Waals surface area contributed by atoms with Crippen LogP contribution in [-0.2, 0) is 12.5 Å². The average molecular weight is 395 g/mol. The molecule has 0 saturated carbocycles. The van der Waals surface area contributed by atoms with Gasteiger partial charge in [-0.25, -0.2) is 8.78 Å². The second kappa shape index (κ2) is 7.19. The van der Waals surface area contributed by atoms with Gasteiger partial charge in [-0.1, -0.05) is 18.2 Å². The molecule has 3 nitrogen and oxygen atoms in total. The summed E-state index contributed by atoms with van der Waals surface area (Å²) in [5.41, 5.74) is 0.886. The zero-order valence-corrected chi connectivity index (χ0v) is 14.0. The summed E-state index contributed by atoms with van der Waals surface area (Å²) in [6.07, 6.45) is 0. The molecule has 0 aliphatic carbocycles. The molecule has 0 spiro atoms. The fourth-order valence-electron chi connectivity index (χ4n) is 2.09. The summed E-state index contributed by atoms with van der Waals surface area (Å²) in [4.78, 5) is 6.49. The van der Waals surface area contributed by atoms with Crippen LogP contribution in [0.3, 0.4) is 0 Å². The molecule has 1 aromatic carbocycles. The van der Waals surface area contributed by atoms with Gasteiger partial charge < -0.3 is 10.2 Å². The Balaban J connectivity index is 0.00000200. The Bertz CT molecular complexity index is 472. The number of hydrogen-bond acceptors (Lipinski definition) is 3. The first-order valence-corrected chi connectivity index (χ1v) is 6.51. The minimum absolute atomic E-state index is 0. The number of nitrogens with one attached hydrogen (secondary N) is 1. The van der Waals surface area contributed by atoms with Crippen LogP contribution in [0.2, 0.25) is 0 Å². The number of rotatable bonds is 4. The molecule has 0 saturated heterocycles. The molecule has 0 aromatic heterocycles. The van der Waals surface area contributed by atoms with E-state index in [2.05, 4.69) is 22.1 Å². The third-order valence-corrected chi connectivity index (χ3v) is 3.20. The van der Waals surface area contributed by atoms with Crippen LogP contribution >= 0.6 is 24.0 Å². The van der Waals surface area contributed by atoms with Gasteiger partial charge in [0, 0.05) is 32.1 Å². The van der Waals surface area contributed by atoms with E-state index in [1.807, 2.05) is 6.07 Å². The molecular formula is C14H20F2IN3. The average Bonchev–Trinajstić information content (AvgIpc) is 2.83. The highest BCUT2D eigenvalue weighted by Crippen LogP contribution is 2.27. The van der Waals surface area contributed by atoms with Crippen molar-refractivity contribution in [2.75, 3.05) is 19.6 Å². The van der Waals surface area contributed by atoms with Gasteiger partial charge in [0.25, 0.3) is 5.92 Å². The smallest absolute Gasteiger partial charge is 0.270 e. The van der Waals surface area contributed by atoms with Gasteiger partial charge in [-0.05, 0) is 18.6 Å². The van der Waals surface area contributed by atoms with E-state index in [-0.39, 0.29) is 29.5 Å². The Morgan fingerprint density at radius 2 is 2.15 bits per heavy atom. The number of likely N-dealkylation sites (N-methyl/N-ethyl adjacent to an activating group) is 1. The number of alkyl halides is 2. The zero-order chi connectivity index (χ0) is 13.9.